The van der Waals surface area contributed by atoms with Crippen molar-refractivity contribution in [3.63, 3.8) is 0 Å². The smallest absolute Gasteiger partial charge is 0.376 e. The van der Waals surface area contributed by atoms with Gasteiger partial charge in [0.1, 0.15) is 10.5 Å². The second-order valence-corrected chi connectivity index (χ2v) is 9.36. The SMILES string of the molecule is Cc1c(C(=O)N(C[C@H]2CCCO2)[C@@H]2CCSC2)sc2nc(C(F)(F)F)ccc12. The summed E-state index contributed by atoms with van der Waals surface area (Å²) in [5.74, 6) is 1.79. The molecule has 2 atom stereocenters. The van der Waals surface area contributed by atoms with Crippen LogP contribution in [0, 0.1) is 6.92 Å². The quantitative estimate of drug-likeness (QED) is 0.702. The topological polar surface area (TPSA) is 42.4 Å². The number of aromatic nitrogens is 1. The lowest BCUT2D eigenvalue weighted by Gasteiger charge is -2.30. The summed E-state index contributed by atoms with van der Waals surface area (Å²) in [6.07, 6.45) is -1.59. The maximum Gasteiger partial charge on any atom is 0.433 e. The Bertz CT molecular complexity index is 872. The van der Waals surface area contributed by atoms with E-state index in [0.717, 1.165) is 54.8 Å². The van der Waals surface area contributed by atoms with Gasteiger partial charge in [-0.25, -0.2) is 4.98 Å². The molecule has 4 heterocycles. The van der Waals surface area contributed by atoms with Crippen LogP contribution in [0.3, 0.4) is 0 Å². The summed E-state index contributed by atoms with van der Waals surface area (Å²) in [6.45, 7) is 3.05. The molecule has 0 radical (unpaired) electrons. The normalized spacial score (nSPS) is 22.9. The zero-order chi connectivity index (χ0) is 19.9. The molecule has 28 heavy (non-hydrogen) atoms. The largest absolute Gasteiger partial charge is 0.433 e. The first-order valence-electron chi connectivity index (χ1n) is 9.32. The fourth-order valence-electron chi connectivity index (χ4n) is 3.76. The van der Waals surface area contributed by atoms with Gasteiger partial charge in [0.15, 0.2) is 0 Å². The number of fused-ring (bicyclic) bond motifs is 1. The van der Waals surface area contributed by atoms with Gasteiger partial charge in [0.2, 0.25) is 0 Å². The molecule has 2 aromatic heterocycles. The van der Waals surface area contributed by atoms with Gasteiger partial charge in [-0.1, -0.05) is 0 Å². The van der Waals surface area contributed by atoms with E-state index in [4.69, 9.17) is 4.74 Å². The summed E-state index contributed by atoms with van der Waals surface area (Å²) < 4.78 is 44.7. The van der Waals surface area contributed by atoms with Gasteiger partial charge in [-0.05, 0) is 49.6 Å². The highest BCUT2D eigenvalue weighted by Crippen LogP contribution is 2.36. The van der Waals surface area contributed by atoms with E-state index < -0.39 is 11.9 Å². The lowest BCUT2D eigenvalue weighted by atomic mass is 10.1. The van der Waals surface area contributed by atoms with E-state index in [2.05, 4.69) is 4.98 Å². The fourth-order valence-corrected chi connectivity index (χ4v) is 6.13. The number of aryl methyl sites for hydroxylation is 1. The zero-order valence-corrected chi connectivity index (χ0v) is 17.1. The molecule has 0 spiro atoms. The van der Waals surface area contributed by atoms with Crippen LogP contribution in [0.25, 0.3) is 10.2 Å². The molecule has 0 unspecified atom stereocenters. The van der Waals surface area contributed by atoms with Crippen molar-refractivity contribution in [2.45, 2.75) is 44.5 Å². The monoisotopic (exact) mass is 430 g/mol. The number of hydrogen-bond acceptors (Lipinski definition) is 5. The number of halogens is 3. The number of carbonyl (C=O) groups excluding carboxylic acids is 1. The molecule has 0 saturated carbocycles. The molecule has 0 bridgehead atoms. The Morgan fingerprint density at radius 2 is 2.18 bits per heavy atom. The van der Waals surface area contributed by atoms with Gasteiger partial charge < -0.3 is 9.64 Å². The average molecular weight is 431 g/mol. The zero-order valence-electron chi connectivity index (χ0n) is 15.4. The first-order chi connectivity index (χ1) is 13.3. The van der Waals surface area contributed by atoms with E-state index >= 15 is 0 Å². The third kappa shape index (κ3) is 3.89. The molecular weight excluding hydrogens is 409 g/mol. The van der Waals surface area contributed by atoms with Crippen LogP contribution in [0.5, 0.6) is 0 Å². The molecule has 2 saturated heterocycles. The van der Waals surface area contributed by atoms with Crippen molar-refractivity contribution in [1.82, 2.24) is 9.88 Å². The minimum atomic E-state index is -4.50. The van der Waals surface area contributed by atoms with Gasteiger partial charge in [0, 0.05) is 30.3 Å². The molecule has 4 rings (SSSR count). The number of rotatable bonds is 4. The van der Waals surface area contributed by atoms with Crippen molar-refractivity contribution in [2.75, 3.05) is 24.7 Å². The van der Waals surface area contributed by atoms with Crippen LogP contribution in [0.4, 0.5) is 13.2 Å². The van der Waals surface area contributed by atoms with Gasteiger partial charge in [-0.2, -0.15) is 24.9 Å². The number of amides is 1. The number of ether oxygens (including phenoxy) is 1. The van der Waals surface area contributed by atoms with Gasteiger partial charge in [-0.15, -0.1) is 11.3 Å². The van der Waals surface area contributed by atoms with Crippen molar-refractivity contribution in [1.29, 1.82) is 0 Å². The number of thioether (sulfide) groups is 1. The van der Waals surface area contributed by atoms with E-state index in [1.54, 1.807) is 6.92 Å². The van der Waals surface area contributed by atoms with Gasteiger partial charge in [-0.3, -0.25) is 4.79 Å². The average Bonchev–Trinajstić information content (AvgIpc) is 3.40. The van der Waals surface area contributed by atoms with Gasteiger partial charge in [0.25, 0.3) is 5.91 Å². The Morgan fingerprint density at radius 3 is 2.82 bits per heavy atom. The van der Waals surface area contributed by atoms with Gasteiger partial charge >= 0.3 is 6.18 Å². The molecule has 2 aliphatic heterocycles. The number of thiophene rings is 1. The molecule has 2 fully saturated rings. The Morgan fingerprint density at radius 1 is 1.36 bits per heavy atom. The maximum atomic E-state index is 13.4. The van der Waals surface area contributed by atoms with Crippen LogP contribution in [-0.4, -0.2) is 52.6 Å². The highest BCUT2D eigenvalue weighted by atomic mass is 32.2. The fraction of sp³-hybridized carbons (Fsp3) is 0.579. The molecule has 152 valence electrons. The van der Waals surface area contributed by atoms with Crippen LogP contribution in [-0.2, 0) is 10.9 Å². The summed E-state index contributed by atoms with van der Waals surface area (Å²) in [6, 6.07) is 2.54. The molecule has 0 aromatic carbocycles. The number of hydrogen-bond donors (Lipinski definition) is 0. The molecule has 2 aliphatic rings. The van der Waals surface area contributed by atoms with E-state index in [1.807, 2.05) is 16.7 Å². The number of nitrogens with zero attached hydrogens (tertiary/aromatic N) is 2. The van der Waals surface area contributed by atoms with Crippen LogP contribution < -0.4 is 0 Å². The number of carbonyl (C=O) groups is 1. The Balaban J connectivity index is 1.67. The summed E-state index contributed by atoms with van der Waals surface area (Å²) in [5, 5.41) is 0.610. The number of pyridine rings is 1. The standard InChI is InChI=1S/C19H21F3N2O2S2/c1-11-14-4-5-15(19(20,21)22)23-17(14)28-16(11)18(25)24(12-6-8-27-10-12)9-13-3-2-7-26-13/h4-5,12-13H,2-3,6-10H2,1H3/t12-,13-/m1/s1. The molecule has 2 aromatic rings. The van der Waals surface area contributed by atoms with E-state index in [-0.39, 0.29) is 22.9 Å². The Labute approximate surface area is 169 Å². The third-order valence-electron chi connectivity index (χ3n) is 5.32. The summed E-state index contributed by atoms with van der Waals surface area (Å²) in [4.78, 5) is 19.8. The third-order valence-corrected chi connectivity index (χ3v) is 7.65. The van der Waals surface area contributed by atoms with Crippen LogP contribution >= 0.6 is 23.1 Å². The minimum absolute atomic E-state index is 0.0409. The summed E-state index contributed by atoms with van der Waals surface area (Å²) in [7, 11) is 0. The lowest BCUT2D eigenvalue weighted by molar-refractivity contribution is -0.140. The molecule has 4 nitrogen and oxygen atoms in total. The van der Waals surface area contributed by atoms with Gasteiger partial charge in [0.05, 0.1) is 11.0 Å². The summed E-state index contributed by atoms with van der Waals surface area (Å²) in [5.41, 5.74) is -0.224. The summed E-state index contributed by atoms with van der Waals surface area (Å²) >= 11 is 2.88. The lowest BCUT2D eigenvalue weighted by Crippen LogP contribution is -2.44. The van der Waals surface area contributed by atoms with Crippen LogP contribution in [0.2, 0.25) is 0 Å². The highest BCUT2D eigenvalue weighted by Gasteiger charge is 2.35. The highest BCUT2D eigenvalue weighted by molar-refractivity contribution is 7.99. The van der Waals surface area contributed by atoms with E-state index in [9.17, 15) is 18.0 Å². The van der Waals surface area contributed by atoms with Crippen molar-refractivity contribution in [2.24, 2.45) is 0 Å². The number of alkyl halides is 3. The van der Waals surface area contributed by atoms with Crippen molar-refractivity contribution < 1.29 is 22.7 Å². The van der Waals surface area contributed by atoms with Crippen LogP contribution in [0.1, 0.15) is 40.2 Å². The molecular formula is C19H21F3N2O2S2. The second kappa shape index (κ2) is 7.84. The van der Waals surface area contributed by atoms with E-state index in [1.165, 1.54) is 6.07 Å². The maximum absolute atomic E-state index is 13.4. The van der Waals surface area contributed by atoms with Crippen LogP contribution in [0.15, 0.2) is 12.1 Å². The molecule has 0 aliphatic carbocycles. The van der Waals surface area contributed by atoms with E-state index in [0.29, 0.717) is 22.4 Å². The molecule has 9 heteroatoms. The Hall–Kier alpha value is -1.32. The first-order valence-corrected chi connectivity index (χ1v) is 11.3. The Kier molecular flexibility index (Phi) is 5.59. The molecule has 0 N–H and O–H groups in total. The van der Waals surface area contributed by atoms with Crippen molar-refractivity contribution >= 4 is 39.2 Å². The van der Waals surface area contributed by atoms with Crippen molar-refractivity contribution in [3.8, 4) is 0 Å². The molecule has 1 amide bonds. The minimum Gasteiger partial charge on any atom is -0.376 e. The predicted molar refractivity (Wildman–Crippen MR) is 105 cm³/mol. The first kappa shape index (κ1) is 20.0. The second-order valence-electron chi connectivity index (χ2n) is 7.21. The van der Waals surface area contributed by atoms with Crippen molar-refractivity contribution in [3.05, 3.63) is 28.3 Å². The predicted octanol–water partition coefficient (Wildman–Crippen LogP) is 4.75.